The number of pyridine rings is 1. The first kappa shape index (κ1) is 13.6. The number of anilines is 1. The number of carbonyl (C=O) groups is 1. The molecular weight excluding hydrogens is 287 g/mol. The monoisotopic (exact) mass is 296 g/mol. The minimum Gasteiger partial charge on any atom is -0.495 e. The van der Waals surface area contributed by atoms with E-state index in [4.69, 9.17) is 27.9 Å². The number of ether oxygens (including phenoxy) is 1. The topological polar surface area (TPSA) is 51.2 Å². The number of nitrogens with zero attached hydrogens (tertiary/aromatic N) is 1. The summed E-state index contributed by atoms with van der Waals surface area (Å²) in [6.45, 7) is 0. The smallest absolute Gasteiger partial charge is 0.274 e. The molecule has 0 radical (unpaired) electrons. The summed E-state index contributed by atoms with van der Waals surface area (Å²) in [7, 11) is 1.49. The summed E-state index contributed by atoms with van der Waals surface area (Å²) in [5.74, 6) is 0.0891. The van der Waals surface area contributed by atoms with Gasteiger partial charge in [0.15, 0.2) is 0 Å². The van der Waals surface area contributed by atoms with Crippen LogP contribution in [-0.2, 0) is 0 Å². The van der Waals surface area contributed by atoms with E-state index in [2.05, 4.69) is 10.3 Å². The van der Waals surface area contributed by atoms with Crippen molar-refractivity contribution in [3.8, 4) is 5.75 Å². The molecule has 19 heavy (non-hydrogen) atoms. The van der Waals surface area contributed by atoms with Gasteiger partial charge in [0.05, 0.1) is 22.8 Å². The Morgan fingerprint density at radius 3 is 2.68 bits per heavy atom. The number of hydrogen-bond donors (Lipinski definition) is 1. The van der Waals surface area contributed by atoms with E-state index in [1.54, 1.807) is 18.2 Å². The van der Waals surface area contributed by atoms with Crippen molar-refractivity contribution in [2.75, 3.05) is 12.4 Å². The average molecular weight is 297 g/mol. The summed E-state index contributed by atoms with van der Waals surface area (Å²) in [4.78, 5) is 15.9. The normalized spacial score (nSPS) is 10.1. The van der Waals surface area contributed by atoms with Crippen LogP contribution in [0.25, 0.3) is 0 Å². The Kier molecular flexibility index (Phi) is 4.24. The van der Waals surface area contributed by atoms with Crippen molar-refractivity contribution >= 4 is 34.8 Å². The highest BCUT2D eigenvalue weighted by Crippen LogP contribution is 2.34. The van der Waals surface area contributed by atoms with Crippen LogP contribution < -0.4 is 10.1 Å². The first-order chi connectivity index (χ1) is 9.11. The second-order valence-electron chi connectivity index (χ2n) is 3.64. The van der Waals surface area contributed by atoms with Crippen molar-refractivity contribution < 1.29 is 9.53 Å². The molecule has 1 aromatic carbocycles. The Morgan fingerprint density at radius 1 is 1.26 bits per heavy atom. The van der Waals surface area contributed by atoms with Crippen molar-refractivity contribution in [1.29, 1.82) is 0 Å². The van der Waals surface area contributed by atoms with Crippen molar-refractivity contribution in [2.24, 2.45) is 0 Å². The molecule has 0 saturated carbocycles. The van der Waals surface area contributed by atoms with Gasteiger partial charge in [-0.15, -0.1) is 0 Å². The number of methoxy groups -OCH3 is 1. The Labute approximate surface area is 120 Å². The van der Waals surface area contributed by atoms with E-state index in [9.17, 15) is 4.79 Å². The lowest BCUT2D eigenvalue weighted by Gasteiger charge is -2.10. The molecule has 0 bridgehead atoms. The summed E-state index contributed by atoms with van der Waals surface area (Å²) in [5.41, 5.74) is 0.702. The molecule has 1 N–H and O–H groups in total. The maximum Gasteiger partial charge on any atom is 0.274 e. The molecule has 1 amide bonds. The highest BCUT2D eigenvalue weighted by atomic mass is 35.5. The molecule has 6 heteroatoms. The fourth-order valence-corrected chi connectivity index (χ4v) is 1.91. The molecule has 2 rings (SSSR count). The zero-order valence-corrected chi connectivity index (χ0v) is 11.5. The fourth-order valence-electron chi connectivity index (χ4n) is 1.46. The van der Waals surface area contributed by atoms with Gasteiger partial charge >= 0.3 is 0 Å². The highest BCUT2D eigenvalue weighted by Gasteiger charge is 2.12. The molecule has 2 aromatic rings. The molecule has 0 aliphatic rings. The summed E-state index contributed by atoms with van der Waals surface area (Å²) in [6.07, 6.45) is 1.54. The van der Waals surface area contributed by atoms with Gasteiger partial charge in [-0.1, -0.05) is 29.3 Å². The average Bonchev–Trinajstić information content (AvgIpc) is 2.43. The molecule has 1 aromatic heterocycles. The SMILES string of the molecule is COc1cc(Cl)c(NC(=O)c2ccccn2)cc1Cl. The van der Waals surface area contributed by atoms with Crippen LogP contribution in [0.15, 0.2) is 36.5 Å². The lowest BCUT2D eigenvalue weighted by Crippen LogP contribution is -2.13. The zero-order valence-electron chi connectivity index (χ0n) is 9.98. The minimum absolute atomic E-state index is 0.297. The first-order valence-electron chi connectivity index (χ1n) is 5.37. The summed E-state index contributed by atoms with van der Waals surface area (Å²) >= 11 is 12.0. The van der Waals surface area contributed by atoms with Gasteiger partial charge in [0.25, 0.3) is 5.91 Å². The third-order valence-electron chi connectivity index (χ3n) is 2.39. The van der Waals surface area contributed by atoms with Crippen LogP contribution in [-0.4, -0.2) is 18.0 Å². The number of halogens is 2. The number of nitrogens with one attached hydrogen (secondary N) is 1. The van der Waals surface area contributed by atoms with E-state index in [1.807, 2.05) is 0 Å². The maximum atomic E-state index is 11.9. The van der Waals surface area contributed by atoms with Crippen LogP contribution in [0, 0.1) is 0 Å². The largest absolute Gasteiger partial charge is 0.495 e. The number of hydrogen-bond acceptors (Lipinski definition) is 3. The molecular formula is C13H10Cl2N2O2. The van der Waals surface area contributed by atoms with E-state index in [0.717, 1.165) is 0 Å². The van der Waals surface area contributed by atoms with Crippen LogP contribution in [0.1, 0.15) is 10.5 Å². The van der Waals surface area contributed by atoms with E-state index >= 15 is 0 Å². The van der Waals surface area contributed by atoms with Crippen LogP contribution in [0.5, 0.6) is 5.75 Å². The third kappa shape index (κ3) is 3.16. The van der Waals surface area contributed by atoms with Gasteiger partial charge in [0, 0.05) is 12.3 Å². The van der Waals surface area contributed by atoms with Crippen molar-refractivity contribution in [3.05, 3.63) is 52.3 Å². The number of carbonyl (C=O) groups excluding carboxylic acids is 1. The van der Waals surface area contributed by atoms with Crippen LogP contribution in [0.2, 0.25) is 10.0 Å². The maximum absolute atomic E-state index is 11.9. The van der Waals surface area contributed by atoms with Gasteiger partial charge in [0.1, 0.15) is 11.4 Å². The Balaban J connectivity index is 2.25. The van der Waals surface area contributed by atoms with Crippen molar-refractivity contribution in [1.82, 2.24) is 4.98 Å². The fraction of sp³-hybridized carbons (Fsp3) is 0.0769. The Bertz CT molecular complexity index is 603. The molecule has 0 aliphatic carbocycles. The number of rotatable bonds is 3. The van der Waals surface area contributed by atoms with Gasteiger partial charge in [-0.05, 0) is 18.2 Å². The van der Waals surface area contributed by atoms with E-state index in [0.29, 0.717) is 27.2 Å². The molecule has 0 aliphatic heterocycles. The molecule has 1 heterocycles. The van der Waals surface area contributed by atoms with Gasteiger partial charge in [-0.25, -0.2) is 0 Å². The second-order valence-corrected chi connectivity index (χ2v) is 4.45. The zero-order chi connectivity index (χ0) is 13.8. The molecule has 0 unspecified atom stereocenters. The van der Waals surface area contributed by atoms with Crippen LogP contribution in [0.4, 0.5) is 5.69 Å². The Hall–Kier alpha value is -1.78. The molecule has 0 spiro atoms. The molecule has 0 atom stereocenters. The predicted molar refractivity (Wildman–Crippen MR) is 75.2 cm³/mol. The summed E-state index contributed by atoms with van der Waals surface area (Å²) in [6, 6.07) is 8.13. The highest BCUT2D eigenvalue weighted by molar-refractivity contribution is 6.36. The number of benzene rings is 1. The number of aromatic nitrogens is 1. The van der Waals surface area contributed by atoms with E-state index in [1.165, 1.54) is 25.4 Å². The van der Waals surface area contributed by atoms with Gasteiger partial charge < -0.3 is 10.1 Å². The lowest BCUT2D eigenvalue weighted by molar-refractivity contribution is 0.102. The number of amides is 1. The Morgan fingerprint density at radius 2 is 2.05 bits per heavy atom. The standard InChI is InChI=1S/C13H10Cl2N2O2/c1-19-12-7-8(14)11(6-9(12)15)17-13(18)10-4-2-3-5-16-10/h2-7H,1H3,(H,17,18). The van der Waals surface area contributed by atoms with Crippen molar-refractivity contribution in [3.63, 3.8) is 0 Å². The van der Waals surface area contributed by atoms with Crippen molar-refractivity contribution in [2.45, 2.75) is 0 Å². The van der Waals surface area contributed by atoms with Gasteiger partial charge in [-0.2, -0.15) is 0 Å². The van der Waals surface area contributed by atoms with E-state index in [-0.39, 0.29) is 5.91 Å². The molecule has 0 saturated heterocycles. The predicted octanol–water partition coefficient (Wildman–Crippen LogP) is 3.65. The van der Waals surface area contributed by atoms with Gasteiger partial charge in [-0.3, -0.25) is 9.78 Å². The molecule has 4 nitrogen and oxygen atoms in total. The van der Waals surface area contributed by atoms with E-state index < -0.39 is 0 Å². The summed E-state index contributed by atoms with van der Waals surface area (Å²) < 4.78 is 5.03. The minimum atomic E-state index is -0.358. The van der Waals surface area contributed by atoms with Gasteiger partial charge in [0.2, 0.25) is 0 Å². The van der Waals surface area contributed by atoms with Crippen LogP contribution in [0.3, 0.4) is 0 Å². The lowest BCUT2D eigenvalue weighted by atomic mass is 10.2. The molecule has 0 fully saturated rings. The quantitative estimate of drug-likeness (QED) is 0.940. The first-order valence-corrected chi connectivity index (χ1v) is 6.13. The van der Waals surface area contributed by atoms with Crippen LogP contribution >= 0.6 is 23.2 Å². The summed E-state index contributed by atoms with van der Waals surface area (Å²) in [5, 5.41) is 3.35. The molecule has 98 valence electrons. The second kappa shape index (κ2) is 5.91. The third-order valence-corrected chi connectivity index (χ3v) is 3.00.